The number of nitrogens with one attached hydrogen (secondary N) is 2. The van der Waals surface area contributed by atoms with Crippen molar-refractivity contribution < 1.29 is 4.79 Å². The Morgan fingerprint density at radius 1 is 1.00 bits per heavy atom. The highest BCUT2D eigenvalue weighted by molar-refractivity contribution is 7.10. The van der Waals surface area contributed by atoms with E-state index in [0.29, 0.717) is 6.54 Å². The third-order valence-corrected chi connectivity index (χ3v) is 4.75. The first-order valence-electron chi connectivity index (χ1n) is 7.90. The average molecular weight is 336 g/mol. The molecular formula is C20H20N2OS. The second-order valence-electron chi connectivity index (χ2n) is 5.67. The van der Waals surface area contributed by atoms with Gasteiger partial charge in [-0.15, -0.1) is 11.3 Å². The van der Waals surface area contributed by atoms with Crippen molar-refractivity contribution in [3.05, 3.63) is 93.7 Å². The summed E-state index contributed by atoms with van der Waals surface area (Å²) in [6.07, 6.45) is 0. The zero-order valence-corrected chi connectivity index (χ0v) is 14.3. The van der Waals surface area contributed by atoms with Crippen molar-refractivity contribution in [2.24, 2.45) is 0 Å². The van der Waals surface area contributed by atoms with Gasteiger partial charge in [0.15, 0.2) is 0 Å². The molecule has 0 bridgehead atoms. The molecule has 1 heterocycles. The van der Waals surface area contributed by atoms with E-state index in [1.54, 1.807) is 11.3 Å². The Balaban J connectivity index is 1.70. The SMILES string of the molecule is Cc1ccc(C(NC(=O)NCc2ccccc2)c2cccs2)cc1. The molecule has 0 saturated heterocycles. The molecular weight excluding hydrogens is 316 g/mol. The van der Waals surface area contributed by atoms with Gasteiger partial charge in [0.05, 0.1) is 6.04 Å². The molecule has 0 spiro atoms. The first-order chi connectivity index (χ1) is 11.7. The molecule has 0 radical (unpaired) electrons. The minimum Gasteiger partial charge on any atom is -0.334 e. The van der Waals surface area contributed by atoms with Crippen molar-refractivity contribution in [2.45, 2.75) is 19.5 Å². The largest absolute Gasteiger partial charge is 0.334 e. The summed E-state index contributed by atoms with van der Waals surface area (Å²) in [7, 11) is 0. The Bertz CT molecular complexity index is 767. The number of hydrogen-bond acceptors (Lipinski definition) is 2. The molecule has 1 atom stereocenters. The molecule has 1 unspecified atom stereocenters. The lowest BCUT2D eigenvalue weighted by Crippen LogP contribution is -2.37. The smallest absolute Gasteiger partial charge is 0.315 e. The predicted octanol–water partition coefficient (Wildman–Crippen LogP) is 4.65. The summed E-state index contributed by atoms with van der Waals surface area (Å²) in [6.45, 7) is 2.57. The van der Waals surface area contributed by atoms with Crippen molar-refractivity contribution in [1.82, 2.24) is 10.6 Å². The van der Waals surface area contributed by atoms with Gasteiger partial charge in [0.2, 0.25) is 0 Å². The third-order valence-electron chi connectivity index (χ3n) is 3.81. The summed E-state index contributed by atoms with van der Waals surface area (Å²) in [6, 6.07) is 21.9. The van der Waals surface area contributed by atoms with E-state index in [0.717, 1.165) is 16.0 Å². The van der Waals surface area contributed by atoms with E-state index in [1.807, 2.05) is 47.8 Å². The van der Waals surface area contributed by atoms with Crippen LogP contribution in [-0.4, -0.2) is 6.03 Å². The van der Waals surface area contributed by atoms with Crippen molar-refractivity contribution in [3.63, 3.8) is 0 Å². The van der Waals surface area contributed by atoms with Crippen LogP contribution in [0.15, 0.2) is 72.1 Å². The molecule has 122 valence electrons. The van der Waals surface area contributed by atoms with Crippen LogP contribution in [0.2, 0.25) is 0 Å². The van der Waals surface area contributed by atoms with Gasteiger partial charge in [0, 0.05) is 11.4 Å². The van der Waals surface area contributed by atoms with E-state index < -0.39 is 0 Å². The van der Waals surface area contributed by atoms with Crippen molar-refractivity contribution in [3.8, 4) is 0 Å². The Morgan fingerprint density at radius 2 is 1.75 bits per heavy atom. The van der Waals surface area contributed by atoms with E-state index in [4.69, 9.17) is 0 Å². The number of carbonyl (C=O) groups excluding carboxylic acids is 1. The van der Waals surface area contributed by atoms with Gasteiger partial charge >= 0.3 is 6.03 Å². The molecule has 2 aromatic carbocycles. The lowest BCUT2D eigenvalue weighted by Gasteiger charge is -2.19. The molecule has 3 rings (SSSR count). The zero-order chi connectivity index (χ0) is 16.8. The normalized spacial score (nSPS) is 11.7. The molecule has 3 aromatic rings. The summed E-state index contributed by atoms with van der Waals surface area (Å²) in [4.78, 5) is 13.5. The number of hydrogen-bond donors (Lipinski definition) is 2. The van der Waals surface area contributed by atoms with Gasteiger partial charge in [-0.05, 0) is 29.5 Å². The summed E-state index contributed by atoms with van der Waals surface area (Å²) >= 11 is 1.64. The van der Waals surface area contributed by atoms with Gasteiger partial charge in [-0.2, -0.15) is 0 Å². The molecule has 0 saturated carbocycles. The standard InChI is InChI=1S/C20H20N2OS/c1-15-9-11-17(12-10-15)19(18-8-5-13-24-18)22-20(23)21-14-16-6-3-2-4-7-16/h2-13,19H,14H2,1H3,(H2,21,22,23). The number of carbonyl (C=O) groups is 1. The minimum atomic E-state index is -0.169. The van der Waals surface area contributed by atoms with Gasteiger partial charge in [0.1, 0.15) is 0 Å². The molecule has 24 heavy (non-hydrogen) atoms. The number of benzene rings is 2. The van der Waals surface area contributed by atoms with E-state index in [9.17, 15) is 4.79 Å². The topological polar surface area (TPSA) is 41.1 Å². The molecule has 0 aliphatic rings. The molecule has 3 nitrogen and oxygen atoms in total. The van der Waals surface area contributed by atoms with Crippen LogP contribution in [-0.2, 0) is 6.54 Å². The lowest BCUT2D eigenvalue weighted by molar-refractivity contribution is 0.238. The van der Waals surface area contributed by atoms with E-state index >= 15 is 0 Å². The van der Waals surface area contributed by atoms with Crippen LogP contribution in [0.1, 0.15) is 27.6 Å². The van der Waals surface area contributed by atoms with Crippen molar-refractivity contribution >= 4 is 17.4 Å². The Hall–Kier alpha value is -2.59. The van der Waals surface area contributed by atoms with Gasteiger partial charge in [-0.3, -0.25) is 0 Å². The number of urea groups is 1. The lowest BCUT2D eigenvalue weighted by atomic mass is 10.0. The van der Waals surface area contributed by atoms with Gasteiger partial charge < -0.3 is 10.6 Å². The number of aryl methyl sites for hydroxylation is 1. The molecule has 2 N–H and O–H groups in total. The number of amides is 2. The Labute approximate surface area is 146 Å². The monoisotopic (exact) mass is 336 g/mol. The minimum absolute atomic E-state index is 0.138. The first kappa shape index (κ1) is 16.3. The maximum absolute atomic E-state index is 12.3. The quantitative estimate of drug-likeness (QED) is 0.700. The highest BCUT2D eigenvalue weighted by Gasteiger charge is 2.17. The molecule has 0 fully saturated rings. The second-order valence-corrected chi connectivity index (χ2v) is 6.65. The summed E-state index contributed by atoms with van der Waals surface area (Å²) in [5.74, 6) is 0. The molecule has 2 amide bonds. The number of rotatable bonds is 5. The van der Waals surface area contributed by atoms with Gasteiger partial charge in [0.25, 0.3) is 0 Å². The van der Waals surface area contributed by atoms with Crippen LogP contribution < -0.4 is 10.6 Å². The third kappa shape index (κ3) is 4.24. The van der Waals surface area contributed by atoms with E-state index in [1.165, 1.54) is 5.56 Å². The van der Waals surface area contributed by atoms with Crippen LogP contribution in [0, 0.1) is 6.92 Å². The zero-order valence-electron chi connectivity index (χ0n) is 13.5. The molecule has 0 aliphatic carbocycles. The maximum Gasteiger partial charge on any atom is 0.315 e. The van der Waals surface area contributed by atoms with Gasteiger partial charge in [-0.1, -0.05) is 66.2 Å². The highest BCUT2D eigenvalue weighted by atomic mass is 32.1. The van der Waals surface area contributed by atoms with Crippen LogP contribution in [0.3, 0.4) is 0 Å². The average Bonchev–Trinajstić information content (AvgIpc) is 3.14. The fourth-order valence-electron chi connectivity index (χ4n) is 2.49. The van der Waals surface area contributed by atoms with E-state index in [-0.39, 0.29) is 12.1 Å². The summed E-state index contributed by atoms with van der Waals surface area (Å²) < 4.78 is 0. The fourth-order valence-corrected chi connectivity index (χ4v) is 3.30. The molecule has 1 aromatic heterocycles. The van der Waals surface area contributed by atoms with Crippen LogP contribution >= 0.6 is 11.3 Å². The van der Waals surface area contributed by atoms with Crippen LogP contribution in [0.4, 0.5) is 4.79 Å². The van der Waals surface area contributed by atoms with Gasteiger partial charge in [-0.25, -0.2) is 4.79 Å². The van der Waals surface area contributed by atoms with Crippen molar-refractivity contribution in [1.29, 1.82) is 0 Å². The Morgan fingerprint density at radius 3 is 2.42 bits per heavy atom. The molecule has 4 heteroatoms. The summed E-state index contributed by atoms with van der Waals surface area (Å²) in [5.41, 5.74) is 3.37. The first-order valence-corrected chi connectivity index (χ1v) is 8.78. The number of thiophene rings is 1. The second kappa shape index (κ2) is 7.79. The van der Waals surface area contributed by atoms with E-state index in [2.05, 4.69) is 41.8 Å². The van der Waals surface area contributed by atoms with Crippen molar-refractivity contribution in [2.75, 3.05) is 0 Å². The highest BCUT2D eigenvalue weighted by Crippen LogP contribution is 2.26. The van der Waals surface area contributed by atoms with Crippen LogP contribution in [0.25, 0.3) is 0 Å². The molecule has 0 aliphatic heterocycles. The fraction of sp³-hybridized carbons (Fsp3) is 0.150. The Kier molecular flexibility index (Phi) is 5.29. The predicted molar refractivity (Wildman–Crippen MR) is 99.2 cm³/mol. The maximum atomic E-state index is 12.3. The summed E-state index contributed by atoms with van der Waals surface area (Å²) in [5, 5.41) is 8.04. The van der Waals surface area contributed by atoms with Crippen LogP contribution in [0.5, 0.6) is 0 Å².